The molecule has 0 saturated heterocycles. The number of fused-ring (bicyclic) bond motifs is 1. The number of halogens is 3. The molecule has 0 aliphatic heterocycles. The highest BCUT2D eigenvalue weighted by molar-refractivity contribution is 7.90. The second-order valence-electron chi connectivity index (χ2n) is 10.3. The lowest BCUT2D eigenvalue weighted by atomic mass is 9.90. The van der Waals surface area contributed by atoms with E-state index in [1.54, 1.807) is 42.3 Å². The van der Waals surface area contributed by atoms with Crippen LogP contribution in [0.5, 0.6) is 5.75 Å². The molecule has 0 bridgehead atoms. The molecule has 1 aromatic heterocycles. The monoisotopic (exact) mass is 618 g/mol. The maximum Gasteiger partial charge on any atom is 0.266 e. The number of carbonyl (C=O) groups excluding carboxylic acids is 1. The third-order valence-electron chi connectivity index (χ3n) is 7.56. The van der Waals surface area contributed by atoms with Gasteiger partial charge in [-0.3, -0.25) is 4.79 Å². The van der Waals surface area contributed by atoms with E-state index in [0.717, 1.165) is 59.3 Å². The Bertz CT molecular complexity index is 1720. The first-order valence-corrected chi connectivity index (χ1v) is 16.2. The quantitative estimate of drug-likeness (QED) is 0.245. The van der Waals surface area contributed by atoms with Gasteiger partial charge in [-0.25, -0.2) is 17.2 Å². The van der Waals surface area contributed by atoms with E-state index in [1.165, 1.54) is 0 Å². The van der Waals surface area contributed by atoms with Crippen molar-refractivity contribution < 1.29 is 26.7 Å². The van der Waals surface area contributed by atoms with Crippen LogP contribution in [0, 0.1) is 11.6 Å². The smallest absolute Gasteiger partial charge is 0.266 e. The molecule has 6 nitrogen and oxygen atoms in total. The van der Waals surface area contributed by atoms with Crippen molar-refractivity contribution in [1.82, 2.24) is 4.90 Å². The fourth-order valence-corrected chi connectivity index (χ4v) is 7.44. The average Bonchev–Trinajstić information content (AvgIpc) is 3.31. The molecule has 1 saturated carbocycles. The lowest BCUT2D eigenvalue weighted by Gasteiger charge is -2.36. The summed E-state index contributed by atoms with van der Waals surface area (Å²) >= 11 is 7.36. The van der Waals surface area contributed by atoms with Crippen molar-refractivity contribution in [1.29, 1.82) is 0 Å². The van der Waals surface area contributed by atoms with Gasteiger partial charge in [0.15, 0.2) is 9.84 Å². The fourth-order valence-electron chi connectivity index (χ4n) is 5.31. The van der Waals surface area contributed by atoms with Crippen molar-refractivity contribution in [3.05, 3.63) is 81.7 Å². The number of rotatable bonds is 7. The minimum Gasteiger partial charge on any atom is -0.496 e. The molecule has 2 N–H and O–H groups in total. The Kier molecular flexibility index (Phi) is 8.39. The highest BCUT2D eigenvalue weighted by atomic mass is 35.5. The molecule has 11 heteroatoms. The molecule has 0 radical (unpaired) electrons. The van der Waals surface area contributed by atoms with Gasteiger partial charge in [0.2, 0.25) is 0 Å². The number of carbonyl (C=O) groups is 1. The molecular weight excluding hydrogens is 590 g/mol. The minimum absolute atomic E-state index is 0.00100. The van der Waals surface area contributed by atoms with Crippen molar-refractivity contribution in [3.8, 4) is 16.9 Å². The lowest BCUT2D eigenvalue weighted by molar-refractivity contribution is 0.0610. The first-order valence-electron chi connectivity index (χ1n) is 13.1. The number of amides is 1. The Hall–Kier alpha value is -3.05. The van der Waals surface area contributed by atoms with Crippen molar-refractivity contribution >= 4 is 48.8 Å². The van der Waals surface area contributed by atoms with Gasteiger partial charge in [-0.05, 0) is 73.2 Å². The van der Waals surface area contributed by atoms with Gasteiger partial charge in [-0.15, -0.1) is 11.3 Å². The van der Waals surface area contributed by atoms with E-state index >= 15 is 0 Å². The standard InChI is InChI=1S/C30H29ClF2N2O4S2/c1-39-25-14-5-18(17-3-10-22(11-4-17)41(2,37)38)15-19(25)16-35(21-8-6-20(34)7-9-21)30(36)29-27(31)26-23(32)12-13-24(33)28(26)40-29/h3-5,10-15,20-21H,6-9,16,34H2,1-2H3. The van der Waals surface area contributed by atoms with Crippen molar-refractivity contribution in [2.75, 3.05) is 13.4 Å². The summed E-state index contributed by atoms with van der Waals surface area (Å²) in [6, 6.07) is 14.0. The summed E-state index contributed by atoms with van der Waals surface area (Å²) in [6.07, 6.45) is 3.98. The fraction of sp³-hybridized carbons (Fsp3) is 0.300. The number of sulfone groups is 1. The molecule has 0 unspecified atom stereocenters. The number of benzene rings is 3. The molecule has 5 rings (SSSR count). The van der Waals surface area contributed by atoms with Crippen LogP contribution in [0.1, 0.15) is 40.9 Å². The van der Waals surface area contributed by atoms with Crippen LogP contribution in [-0.4, -0.2) is 44.7 Å². The summed E-state index contributed by atoms with van der Waals surface area (Å²) in [5, 5.41) is -0.195. The topological polar surface area (TPSA) is 89.7 Å². The second-order valence-corrected chi connectivity index (χ2v) is 13.7. The summed E-state index contributed by atoms with van der Waals surface area (Å²) in [6.45, 7) is 0.159. The zero-order valence-corrected chi connectivity index (χ0v) is 24.9. The molecule has 1 amide bonds. The predicted octanol–water partition coefficient (Wildman–Crippen LogP) is 6.82. The first kappa shape index (κ1) is 29.4. The average molecular weight is 619 g/mol. The minimum atomic E-state index is -3.34. The van der Waals surface area contributed by atoms with Gasteiger partial charge in [0.05, 0.1) is 27.1 Å². The van der Waals surface area contributed by atoms with Crippen molar-refractivity contribution in [2.24, 2.45) is 5.73 Å². The van der Waals surface area contributed by atoms with Gasteiger partial charge in [0.25, 0.3) is 5.91 Å². The molecular formula is C30H29ClF2N2O4S2. The summed E-state index contributed by atoms with van der Waals surface area (Å²) in [5.74, 6) is -1.18. The summed E-state index contributed by atoms with van der Waals surface area (Å²) in [5.41, 5.74) is 8.47. The van der Waals surface area contributed by atoms with Crippen LogP contribution in [0.4, 0.5) is 8.78 Å². The maximum absolute atomic E-state index is 14.6. The molecule has 0 spiro atoms. The molecule has 41 heavy (non-hydrogen) atoms. The molecule has 1 fully saturated rings. The third kappa shape index (κ3) is 5.97. The molecule has 1 aliphatic carbocycles. The van der Waals surface area contributed by atoms with Gasteiger partial charge in [-0.1, -0.05) is 29.8 Å². The highest BCUT2D eigenvalue weighted by Gasteiger charge is 2.32. The summed E-state index contributed by atoms with van der Waals surface area (Å²) in [7, 11) is -1.80. The Morgan fingerprint density at radius 2 is 1.66 bits per heavy atom. The molecule has 1 aliphatic rings. The van der Waals surface area contributed by atoms with Crippen LogP contribution in [0.25, 0.3) is 21.2 Å². The van der Waals surface area contributed by atoms with Gasteiger partial charge < -0.3 is 15.4 Å². The number of thiophene rings is 1. The maximum atomic E-state index is 14.6. The van der Waals surface area contributed by atoms with E-state index < -0.39 is 27.4 Å². The number of hydrogen-bond donors (Lipinski definition) is 1. The SMILES string of the molecule is COc1ccc(-c2ccc(S(C)(=O)=O)cc2)cc1CN(C(=O)c1sc2c(F)ccc(F)c2c1Cl)C1CCC(N)CC1. The molecule has 1 heterocycles. The predicted molar refractivity (Wildman–Crippen MR) is 158 cm³/mol. The van der Waals surface area contributed by atoms with E-state index in [4.69, 9.17) is 22.1 Å². The van der Waals surface area contributed by atoms with Crippen molar-refractivity contribution in [2.45, 2.75) is 49.2 Å². The normalized spacial score (nSPS) is 17.5. The third-order valence-corrected chi connectivity index (χ3v) is 10.4. The van der Waals surface area contributed by atoms with E-state index in [0.29, 0.717) is 18.6 Å². The van der Waals surface area contributed by atoms with E-state index in [2.05, 4.69) is 0 Å². The molecule has 4 aromatic rings. The number of nitrogens with zero attached hydrogens (tertiary/aromatic N) is 1. The van der Waals surface area contributed by atoms with E-state index in [-0.39, 0.29) is 43.5 Å². The first-order chi connectivity index (χ1) is 19.5. The summed E-state index contributed by atoms with van der Waals surface area (Å²) in [4.78, 5) is 16.1. The van der Waals surface area contributed by atoms with E-state index in [1.807, 2.05) is 12.1 Å². The lowest BCUT2D eigenvalue weighted by Crippen LogP contribution is -2.43. The number of nitrogens with two attached hydrogens (primary N) is 1. The van der Waals surface area contributed by atoms with Gasteiger partial charge in [-0.2, -0.15) is 0 Å². The zero-order valence-electron chi connectivity index (χ0n) is 22.5. The second kappa shape index (κ2) is 11.7. The van der Waals surface area contributed by atoms with Gasteiger partial charge in [0, 0.05) is 30.4 Å². The van der Waals surface area contributed by atoms with Crippen LogP contribution in [0.15, 0.2) is 59.5 Å². The number of ether oxygens (including phenoxy) is 1. The number of methoxy groups -OCH3 is 1. The molecule has 216 valence electrons. The van der Waals surface area contributed by atoms with Crippen LogP contribution in [0.3, 0.4) is 0 Å². The Morgan fingerprint density at radius 3 is 2.27 bits per heavy atom. The Labute approximate surface area is 246 Å². The highest BCUT2D eigenvalue weighted by Crippen LogP contribution is 2.40. The summed E-state index contributed by atoms with van der Waals surface area (Å²) < 4.78 is 58.6. The Balaban J connectivity index is 1.55. The van der Waals surface area contributed by atoms with Gasteiger partial charge in [0.1, 0.15) is 22.3 Å². The van der Waals surface area contributed by atoms with Gasteiger partial charge >= 0.3 is 0 Å². The van der Waals surface area contributed by atoms with Crippen LogP contribution < -0.4 is 10.5 Å². The molecule has 3 aromatic carbocycles. The van der Waals surface area contributed by atoms with Crippen LogP contribution >= 0.6 is 22.9 Å². The zero-order chi connectivity index (χ0) is 29.5. The van der Waals surface area contributed by atoms with Crippen molar-refractivity contribution in [3.63, 3.8) is 0 Å². The Morgan fingerprint density at radius 1 is 1.02 bits per heavy atom. The van der Waals surface area contributed by atoms with Crippen LogP contribution in [-0.2, 0) is 16.4 Å². The number of hydrogen-bond acceptors (Lipinski definition) is 6. The van der Waals surface area contributed by atoms with Crippen LogP contribution in [0.2, 0.25) is 5.02 Å². The largest absolute Gasteiger partial charge is 0.496 e. The molecule has 0 atom stereocenters. The van der Waals surface area contributed by atoms with E-state index in [9.17, 15) is 22.0 Å².